The van der Waals surface area contributed by atoms with Crippen molar-refractivity contribution in [1.82, 2.24) is 9.55 Å². The second-order valence-electron chi connectivity index (χ2n) is 5.87. The summed E-state index contributed by atoms with van der Waals surface area (Å²) in [6.45, 7) is 5.56. The number of carbonyl (C=O) groups excluding carboxylic acids is 1. The molecule has 0 radical (unpaired) electrons. The Morgan fingerprint density at radius 3 is 2.64 bits per heavy atom. The summed E-state index contributed by atoms with van der Waals surface area (Å²) in [4.78, 5) is 15.7. The van der Waals surface area contributed by atoms with Gasteiger partial charge in [0.05, 0.1) is 17.7 Å². The molecule has 0 bridgehead atoms. The van der Waals surface area contributed by atoms with Crippen LogP contribution >= 0.6 is 11.6 Å². The van der Waals surface area contributed by atoms with Crippen LogP contribution in [0.3, 0.4) is 0 Å². The van der Waals surface area contributed by atoms with Gasteiger partial charge < -0.3 is 9.30 Å². The number of hydrogen-bond acceptors (Lipinski definition) is 3. The highest BCUT2D eigenvalue weighted by Crippen LogP contribution is 2.37. The zero-order valence-electron chi connectivity index (χ0n) is 14.0. The van der Waals surface area contributed by atoms with Crippen molar-refractivity contribution in [2.24, 2.45) is 0 Å². The number of halogens is 1. The van der Waals surface area contributed by atoms with Gasteiger partial charge in [-0.1, -0.05) is 11.6 Å². The highest BCUT2D eigenvalue weighted by molar-refractivity contribution is 6.33. The van der Waals surface area contributed by atoms with Crippen LogP contribution in [0.1, 0.15) is 24.2 Å². The van der Waals surface area contributed by atoms with Crippen molar-refractivity contribution in [2.45, 2.75) is 20.4 Å². The van der Waals surface area contributed by atoms with Gasteiger partial charge in [0.2, 0.25) is 0 Å². The fourth-order valence-electron chi connectivity index (χ4n) is 3.49. The third-order valence-electron chi connectivity index (χ3n) is 4.53. The summed E-state index contributed by atoms with van der Waals surface area (Å²) in [7, 11) is 0. The number of ether oxygens (including phenoxy) is 1. The number of carbonyl (C=O) groups is 1. The second-order valence-corrected chi connectivity index (χ2v) is 6.23. The zero-order valence-corrected chi connectivity index (χ0v) is 14.8. The number of pyridine rings is 1. The quantitative estimate of drug-likeness (QED) is 0.373. The number of rotatable bonds is 4. The summed E-state index contributed by atoms with van der Waals surface area (Å²) in [5.41, 5.74) is 3.43. The van der Waals surface area contributed by atoms with Crippen LogP contribution in [0.5, 0.6) is 5.75 Å². The predicted octanol–water partition coefficient (Wildman–Crippen LogP) is 5.23. The minimum atomic E-state index is 0.232. The van der Waals surface area contributed by atoms with E-state index in [-0.39, 0.29) is 5.15 Å². The lowest BCUT2D eigenvalue weighted by atomic mass is 10.1. The summed E-state index contributed by atoms with van der Waals surface area (Å²) in [6.07, 6.45) is 0.748. The van der Waals surface area contributed by atoms with Gasteiger partial charge >= 0.3 is 0 Å². The van der Waals surface area contributed by atoms with Gasteiger partial charge in [-0.25, -0.2) is 4.98 Å². The third-order valence-corrected chi connectivity index (χ3v) is 4.83. The number of benzene rings is 2. The van der Waals surface area contributed by atoms with Crippen molar-refractivity contribution in [3.05, 3.63) is 47.1 Å². The number of fused-ring (bicyclic) bond motifs is 5. The molecule has 0 fully saturated rings. The van der Waals surface area contributed by atoms with Crippen molar-refractivity contribution in [2.75, 3.05) is 6.61 Å². The number of nitrogens with zero attached hydrogens (tertiary/aromatic N) is 2. The Hall–Kier alpha value is -2.59. The highest BCUT2D eigenvalue weighted by atomic mass is 35.5. The standard InChI is InChI=1S/C20H17ClN2O2/c1-3-23-17-7-5-13(25-4-2)10-15(17)19-14-9-12(11-24)20(21)22-16(14)6-8-18(19)23/h5-11H,3-4H2,1-2H3. The number of aromatic nitrogens is 2. The molecule has 0 N–H and O–H groups in total. The van der Waals surface area contributed by atoms with Gasteiger partial charge in [0, 0.05) is 33.7 Å². The maximum absolute atomic E-state index is 11.3. The molecule has 0 atom stereocenters. The smallest absolute Gasteiger partial charge is 0.153 e. The van der Waals surface area contributed by atoms with Crippen molar-refractivity contribution in [3.8, 4) is 5.75 Å². The van der Waals surface area contributed by atoms with E-state index in [0.29, 0.717) is 12.2 Å². The van der Waals surface area contributed by atoms with Crippen molar-refractivity contribution in [3.63, 3.8) is 0 Å². The first-order valence-electron chi connectivity index (χ1n) is 8.31. The van der Waals surface area contributed by atoms with Crippen molar-refractivity contribution >= 4 is 50.6 Å². The third kappa shape index (κ3) is 2.36. The van der Waals surface area contributed by atoms with Gasteiger partial charge in [0.1, 0.15) is 10.9 Å². The van der Waals surface area contributed by atoms with E-state index in [1.54, 1.807) is 0 Å². The van der Waals surface area contributed by atoms with Crippen LogP contribution in [0.2, 0.25) is 5.15 Å². The Balaban J connectivity index is 2.21. The van der Waals surface area contributed by atoms with E-state index >= 15 is 0 Å². The second kappa shape index (κ2) is 6.05. The van der Waals surface area contributed by atoms with Crippen LogP contribution in [-0.2, 0) is 6.54 Å². The molecule has 0 aliphatic carbocycles. The molecule has 0 aliphatic heterocycles. The molecule has 25 heavy (non-hydrogen) atoms. The lowest BCUT2D eigenvalue weighted by molar-refractivity contribution is 0.112. The first kappa shape index (κ1) is 15.9. The van der Waals surface area contributed by atoms with Crippen LogP contribution in [0.4, 0.5) is 0 Å². The summed E-state index contributed by atoms with van der Waals surface area (Å²) < 4.78 is 7.94. The van der Waals surface area contributed by atoms with Gasteiger partial charge in [-0.3, -0.25) is 4.79 Å². The Morgan fingerprint density at radius 1 is 1.12 bits per heavy atom. The van der Waals surface area contributed by atoms with E-state index in [1.807, 2.05) is 25.1 Å². The molecule has 0 spiro atoms. The molecule has 4 aromatic rings. The Morgan fingerprint density at radius 2 is 1.92 bits per heavy atom. The van der Waals surface area contributed by atoms with Crippen LogP contribution in [0, 0.1) is 0 Å². The molecular weight excluding hydrogens is 336 g/mol. The molecule has 2 aromatic carbocycles. The Bertz CT molecular complexity index is 1130. The molecule has 0 aliphatic rings. The molecule has 4 nitrogen and oxygen atoms in total. The summed E-state index contributed by atoms with van der Waals surface area (Å²) in [5, 5.41) is 3.32. The largest absolute Gasteiger partial charge is 0.494 e. The minimum Gasteiger partial charge on any atom is -0.494 e. The molecule has 4 rings (SSSR count). The van der Waals surface area contributed by atoms with E-state index in [4.69, 9.17) is 16.3 Å². The number of aryl methyl sites for hydroxylation is 1. The lowest BCUT2D eigenvalue weighted by Crippen LogP contribution is -1.94. The Labute approximate surface area is 150 Å². The molecule has 0 saturated carbocycles. The van der Waals surface area contributed by atoms with Crippen molar-refractivity contribution < 1.29 is 9.53 Å². The first-order chi connectivity index (χ1) is 12.2. The number of hydrogen-bond donors (Lipinski definition) is 0. The monoisotopic (exact) mass is 352 g/mol. The minimum absolute atomic E-state index is 0.232. The van der Waals surface area contributed by atoms with Gasteiger partial charge in [-0.15, -0.1) is 0 Å². The normalized spacial score (nSPS) is 11.5. The van der Waals surface area contributed by atoms with Crippen molar-refractivity contribution in [1.29, 1.82) is 0 Å². The summed E-state index contributed by atoms with van der Waals surface area (Å²) in [5.74, 6) is 0.833. The fraction of sp³-hybridized carbons (Fsp3) is 0.200. The molecule has 126 valence electrons. The zero-order chi connectivity index (χ0) is 17.6. The van der Waals surface area contributed by atoms with Gasteiger partial charge in [-0.2, -0.15) is 0 Å². The number of aldehydes is 1. The Kier molecular flexibility index (Phi) is 3.85. The maximum atomic E-state index is 11.3. The summed E-state index contributed by atoms with van der Waals surface area (Å²) >= 11 is 6.10. The van der Waals surface area contributed by atoms with E-state index in [1.165, 1.54) is 0 Å². The molecule has 2 aromatic heterocycles. The predicted molar refractivity (Wildman–Crippen MR) is 102 cm³/mol. The van der Waals surface area contributed by atoms with Crippen LogP contribution in [-0.4, -0.2) is 22.4 Å². The molecule has 0 unspecified atom stereocenters. The van der Waals surface area contributed by atoms with E-state index in [9.17, 15) is 4.79 Å². The molecule has 0 amide bonds. The van der Waals surface area contributed by atoms with Crippen LogP contribution in [0.15, 0.2) is 36.4 Å². The van der Waals surface area contributed by atoms with Crippen LogP contribution in [0.25, 0.3) is 32.7 Å². The van der Waals surface area contributed by atoms with E-state index < -0.39 is 0 Å². The molecule has 5 heteroatoms. The lowest BCUT2D eigenvalue weighted by Gasteiger charge is -2.05. The van der Waals surface area contributed by atoms with Gasteiger partial charge in [0.25, 0.3) is 0 Å². The SMILES string of the molecule is CCOc1ccc2c(c1)c1c3cc(C=O)c(Cl)nc3ccc1n2CC. The molecule has 0 saturated heterocycles. The van der Waals surface area contributed by atoms with Gasteiger partial charge in [-0.05, 0) is 50.2 Å². The fourth-order valence-corrected chi connectivity index (χ4v) is 3.68. The average Bonchev–Trinajstić information content (AvgIpc) is 2.94. The van der Waals surface area contributed by atoms with Crippen LogP contribution < -0.4 is 4.74 Å². The highest BCUT2D eigenvalue weighted by Gasteiger charge is 2.15. The molecular formula is C20H17ClN2O2. The molecule has 2 heterocycles. The maximum Gasteiger partial charge on any atom is 0.153 e. The summed E-state index contributed by atoms with van der Waals surface area (Å²) in [6, 6.07) is 12.0. The van der Waals surface area contributed by atoms with E-state index in [0.717, 1.165) is 51.3 Å². The topological polar surface area (TPSA) is 44.1 Å². The average molecular weight is 353 g/mol. The van der Waals surface area contributed by atoms with Gasteiger partial charge in [0.15, 0.2) is 6.29 Å². The van der Waals surface area contributed by atoms with E-state index in [2.05, 4.69) is 34.7 Å². The first-order valence-corrected chi connectivity index (χ1v) is 8.69.